The number of rotatable bonds is 1. The number of imidazole rings is 1. The van der Waals surface area contributed by atoms with Crippen molar-refractivity contribution in [2.45, 2.75) is 12.7 Å². The van der Waals surface area contributed by atoms with Gasteiger partial charge in [0.15, 0.2) is 5.65 Å². The number of nitrogens with one attached hydrogen (secondary N) is 1. The molecule has 0 saturated carbocycles. The standard InChI is InChI=1S/C8H7F3N4/c9-8(10,11)4-1-5-7(13-3-4)15-6(2-12)14-5/h1,3H,2,12H2,(H,13,14,15). The maximum absolute atomic E-state index is 12.3. The average molecular weight is 216 g/mol. The lowest BCUT2D eigenvalue weighted by molar-refractivity contribution is -0.137. The van der Waals surface area contributed by atoms with E-state index in [4.69, 9.17) is 5.73 Å². The Balaban J connectivity index is 2.55. The van der Waals surface area contributed by atoms with Gasteiger partial charge in [-0.05, 0) is 6.07 Å². The Morgan fingerprint density at radius 3 is 2.73 bits per heavy atom. The topological polar surface area (TPSA) is 67.6 Å². The first-order chi connectivity index (χ1) is 7.00. The van der Waals surface area contributed by atoms with Crippen LogP contribution in [0.25, 0.3) is 11.2 Å². The number of halogens is 3. The monoisotopic (exact) mass is 216 g/mol. The zero-order valence-corrected chi connectivity index (χ0v) is 7.47. The van der Waals surface area contributed by atoms with Crippen molar-refractivity contribution < 1.29 is 13.2 Å². The lowest BCUT2D eigenvalue weighted by Gasteiger charge is -2.04. The molecule has 0 unspecified atom stereocenters. The van der Waals surface area contributed by atoms with Crippen LogP contribution in [-0.2, 0) is 12.7 Å². The number of alkyl halides is 3. The fraction of sp³-hybridized carbons (Fsp3) is 0.250. The van der Waals surface area contributed by atoms with Crippen LogP contribution in [0.5, 0.6) is 0 Å². The van der Waals surface area contributed by atoms with Crippen LogP contribution in [-0.4, -0.2) is 15.0 Å². The number of pyridine rings is 1. The van der Waals surface area contributed by atoms with E-state index in [1.165, 1.54) is 0 Å². The number of aromatic amines is 1. The van der Waals surface area contributed by atoms with Crippen LogP contribution < -0.4 is 5.73 Å². The van der Waals surface area contributed by atoms with E-state index in [2.05, 4.69) is 15.0 Å². The summed E-state index contributed by atoms with van der Waals surface area (Å²) < 4.78 is 36.9. The number of aromatic nitrogens is 3. The zero-order chi connectivity index (χ0) is 11.1. The number of nitrogens with two attached hydrogens (primary N) is 1. The van der Waals surface area contributed by atoms with Gasteiger partial charge in [-0.3, -0.25) is 0 Å². The molecule has 15 heavy (non-hydrogen) atoms. The highest BCUT2D eigenvalue weighted by molar-refractivity contribution is 5.71. The van der Waals surface area contributed by atoms with E-state index in [-0.39, 0.29) is 17.7 Å². The van der Waals surface area contributed by atoms with Crippen LogP contribution in [0.2, 0.25) is 0 Å². The molecule has 80 valence electrons. The normalized spacial score (nSPS) is 12.3. The lowest BCUT2D eigenvalue weighted by Crippen LogP contribution is -2.05. The molecule has 0 fully saturated rings. The third kappa shape index (κ3) is 1.78. The van der Waals surface area contributed by atoms with Crippen molar-refractivity contribution in [1.82, 2.24) is 15.0 Å². The summed E-state index contributed by atoms with van der Waals surface area (Å²) in [4.78, 5) is 10.2. The van der Waals surface area contributed by atoms with Gasteiger partial charge in [0.05, 0.1) is 17.6 Å². The Kier molecular flexibility index (Phi) is 2.11. The summed E-state index contributed by atoms with van der Waals surface area (Å²) in [6.45, 7) is 0.137. The number of fused-ring (bicyclic) bond motifs is 1. The molecule has 0 aliphatic heterocycles. The average Bonchev–Trinajstić information content (AvgIpc) is 2.57. The van der Waals surface area contributed by atoms with Gasteiger partial charge in [-0.2, -0.15) is 13.2 Å². The van der Waals surface area contributed by atoms with E-state index in [1.807, 2.05) is 0 Å². The Morgan fingerprint density at radius 2 is 2.13 bits per heavy atom. The molecule has 4 nitrogen and oxygen atoms in total. The summed E-state index contributed by atoms with van der Waals surface area (Å²) in [5.41, 5.74) is 4.97. The van der Waals surface area contributed by atoms with Gasteiger partial charge in [0.2, 0.25) is 0 Å². The van der Waals surface area contributed by atoms with E-state index in [9.17, 15) is 13.2 Å². The third-order valence-corrected chi connectivity index (χ3v) is 1.91. The Labute approximate surface area is 82.3 Å². The highest BCUT2D eigenvalue weighted by Gasteiger charge is 2.31. The van der Waals surface area contributed by atoms with Gasteiger partial charge in [-0.15, -0.1) is 0 Å². The maximum atomic E-state index is 12.3. The van der Waals surface area contributed by atoms with E-state index in [0.29, 0.717) is 5.82 Å². The van der Waals surface area contributed by atoms with Crippen LogP contribution in [0.15, 0.2) is 12.3 Å². The van der Waals surface area contributed by atoms with Crippen LogP contribution >= 0.6 is 0 Å². The molecule has 2 rings (SSSR count). The highest BCUT2D eigenvalue weighted by Crippen LogP contribution is 2.29. The van der Waals surface area contributed by atoms with Gasteiger partial charge >= 0.3 is 6.18 Å². The summed E-state index contributed by atoms with van der Waals surface area (Å²) >= 11 is 0. The summed E-state index contributed by atoms with van der Waals surface area (Å²) in [6.07, 6.45) is -3.64. The second kappa shape index (κ2) is 3.20. The summed E-state index contributed by atoms with van der Waals surface area (Å²) in [5.74, 6) is 0.414. The molecule has 0 spiro atoms. The minimum Gasteiger partial charge on any atom is -0.340 e. The molecule has 2 aromatic rings. The highest BCUT2D eigenvalue weighted by atomic mass is 19.4. The van der Waals surface area contributed by atoms with Crippen LogP contribution in [0.4, 0.5) is 13.2 Å². The third-order valence-electron chi connectivity index (χ3n) is 1.91. The van der Waals surface area contributed by atoms with E-state index in [0.717, 1.165) is 12.3 Å². The van der Waals surface area contributed by atoms with E-state index < -0.39 is 11.7 Å². The number of H-pyrrole nitrogens is 1. The molecule has 0 amide bonds. The molecule has 0 atom stereocenters. The molecule has 3 N–H and O–H groups in total. The van der Waals surface area contributed by atoms with Crippen molar-refractivity contribution in [1.29, 1.82) is 0 Å². The lowest BCUT2D eigenvalue weighted by atomic mass is 10.2. The number of hydrogen-bond acceptors (Lipinski definition) is 3. The van der Waals surface area contributed by atoms with E-state index >= 15 is 0 Å². The Morgan fingerprint density at radius 1 is 1.40 bits per heavy atom. The maximum Gasteiger partial charge on any atom is 0.417 e. The number of hydrogen-bond donors (Lipinski definition) is 2. The Bertz CT molecular complexity index is 488. The van der Waals surface area contributed by atoms with Gasteiger partial charge in [0.1, 0.15) is 5.82 Å². The quantitative estimate of drug-likeness (QED) is 0.757. The summed E-state index contributed by atoms with van der Waals surface area (Å²) in [5, 5.41) is 0. The molecule has 2 aromatic heterocycles. The van der Waals surface area contributed by atoms with Crippen LogP contribution in [0.1, 0.15) is 11.4 Å². The molecule has 0 saturated heterocycles. The first kappa shape index (κ1) is 9.91. The molecule has 0 radical (unpaired) electrons. The minimum absolute atomic E-state index is 0.137. The molecule has 0 bridgehead atoms. The molecule has 0 aliphatic carbocycles. The predicted octanol–water partition coefficient (Wildman–Crippen LogP) is 1.44. The second-order valence-electron chi connectivity index (χ2n) is 2.98. The second-order valence-corrected chi connectivity index (χ2v) is 2.98. The molecule has 7 heteroatoms. The molecule has 0 aromatic carbocycles. The zero-order valence-electron chi connectivity index (χ0n) is 7.47. The van der Waals surface area contributed by atoms with Gasteiger partial charge in [-0.1, -0.05) is 0 Å². The van der Waals surface area contributed by atoms with Crippen molar-refractivity contribution in [2.75, 3.05) is 0 Å². The summed E-state index contributed by atoms with van der Waals surface area (Å²) in [6, 6.07) is 0.967. The molecule has 0 aliphatic rings. The van der Waals surface area contributed by atoms with Crippen molar-refractivity contribution >= 4 is 11.2 Å². The smallest absolute Gasteiger partial charge is 0.340 e. The fourth-order valence-electron chi connectivity index (χ4n) is 1.20. The van der Waals surface area contributed by atoms with E-state index in [1.54, 1.807) is 0 Å². The minimum atomic E-state index is -4.39. The number of nitrogens with zero attached hydrogens (tertiary/aromatic N) is 2. The molecule has 2 heterocycles. The first-order valence-electron chi connectivity index (χ1n) is 4.12. The van der Waals surface area contributed by atoms with Crippen molar-refractivity contribution in [2.24, 2.45) is 5.73 Å². The van der Waals surface area contributed by atoms with Crippen molar-refractivity contribution in [3.63, 3.8) is 0 Å². The van der Waals surface area contributed by atoms with Crippen LogP contribution in [0.3, 0.4) is 0 Å². The fourth-order valence-corrected chi connectivity index (χ4v) is 1.20. The van der Waals surface area contributed by atoms with Gasteiger partial charge in [0, 0.05) is 6.20 Å². The predicted molar refractivity (Wildman–Crippen MR) is 46.8 cm³/mol. The van der Waals surface area contributed by atoms with Gasteiger partial charge in [0.25, 0.3) is 0 Å². The first-order valence-corrected chi connectivity index (χ1v) is 4.12. The van der Waals surface area contributed by atoms with Crippen molar-refractivity contribution in [3.05, 3.63) is 23.7 Å². The van der Waals surface area contributed by atoms with Gasteiger partial charge in [-0.25, -0.2) is 9.97 Å². The van der Waals surface area contributed by atoms with Crippen molar-refractivity contribution in [3.8, 4) is 0 Å². The SMILES string of the molecule is NCc1nc2ncc(C(F)(F)F)cc2[nH]1. The summed E-state index contributed by atoms with van der Waals surface area (Å²) in [7, 11) is 0. The van der Waals surface area contributed by atoms with Crippen LogP contribution in [0, 0.1) is 0 Å². The molecular weight excluding hydrogens is 209 g/mol. The Hall–Kier alpha value is -1.63. The molecular formula is C8H7F3N4. The van der Waals surface area contributed by atoms with Gasteiger partial charge < -0.3 is 10.7 Å². The largest absolute Gasteiger partial charge is 0.417 e.